The Hall–Kier alpha value is -2.35. The number of anilines is 1. The largest absolute Gasteiger partial charge is 0.466 e. The van der Waals surface area contributed by atoms with E-state index in [1.807, 2.05) is 18.2 Å². The lowest BCUT2D eigenvalue weighted by molar-refractivity contribution is 0.382. The fraction of sp³-hybridized carbons (Fsp3) is 0.0909. The van der Waals surface area contributed by atoms with Crippen molar-refractivity contribution in [1.29, 1.82) is 0 Å². The summed E-state index contributed by atoms with van der Waals surface area (Å²) in [4.78, 5) is 3.76. The second-order valence-corrected chi connectivity index (χ2v) is 5.10. The van der Waals surface area contributed by atoms with E-state index in [2.05, 4.69) is 19.9 Å². The Morgan fingerprint density at radius 2 is 2.05 bits per heavy atom. The molecule has 0 unspecified atom stereocenters. The average Bonchev–Trinajstić information content (AvgIpc) is 2.85. The molecule has 0 bridgehead atoms. The normalized spacial score (nSPS) is 11.6. The number of aromatic nitrogens is 3. The second kappa shape index (κ2) is 5.53. The first-order valence-electron chi connectivity index (χ1n) is 5.31. The fourth-order valence-corrected chi connectivity index (χ4v) is 2.05. The molecular weight excluding hydrogens is 268 g/mol. The first kappa shape index (κ1) is 13.1. The minimum atomic E-state index is -3.65. The quantitative estimate of drug-likeness (QED) is 0.858. The summed E-state index contributed by atoms with van der Waals surface area (Å²) in [5.74, 6) is -0.00504. The molecule has 2 N–H and O–H groups in total. The Balaban J connectivity index is 2.08. The zero-order valence-electron chi connectivity index (χ0n) is 10.1. The number of hydrogen-bond donors (Lipinski definition) is 2. The van der Waals surface area contributed by atoms with Gasteiger partial charge >= 0.3 is 6.01 Å². The SMILES string of the molecule is COc1n[nH]c(NS(=O)(=O)/C=C/c2ccccc2)n1. The molecule has 7 nitrogen and oxygen atoms in total. The summed E-state index contributed by atoms with van der Waals surface area (Å²) in [6, 6.07) is 9.14. The van der Waals surface area contributed by atoms with E-state index in [0.29, 0.717) is 0 Å². The van der Waals surface area contributed by atoms with Crippen LogP contribution in [0.15, 0.2) is 35.7 Å². The van der Waals surface area contributed by atoms with Gasteiger partial charge in [-0.25, -0.2) is 18.2 Å². The van der Waals surface area contributed by atoms with Crippen LogP contribution in [0.3, 0.4) is 0 Å². The van der Waals surface area contributed by atoms with Crippen LogP contribution in [0, 0.1) is 0 Å². The number of nitrogens with one attached hydrogen (secondary N) is 2. The highest BCUT2D eigenvalue weighted by atomic mass is 32.2. The number of methoxy groups -OCH3 is 1. The van der Waals surface area contributed by atoms with Crippen LogP contribution in [0.25, 0.3) is 6.08 Å². The van der Waals surface area contributed by atoms with Crippen LogP contribution in [0.5, 0.6) is 6.01 Å². The lowest BCUT2D eigenvalue weighted by Gasteiger charge is -1.98. The van der Waals surface area contributed by atoms with Crippen molar-refractivity contribution in [3.63, 3.8) is 0 Å². The molecule has 1 aromatic carbocycles. The molecule has 0 aliphatic heterocycles. The van der Waals surface area contributed by atoms with Gasteiger partial charge in [0.2, 0.25) is 5.95 Å². The molecule has 100 valence electrons. The van der Waals surface area contributed by atoms with Crippen LogP contribution in [-0.4, -0.2) is 30.7 Å². The first-order valence-corrected chi connectivity index (χ1v) is 6.86. The Morgan fingerprint density at radius 1 is 1.32 bits per heavy atom. The van der Waals surface area contributed by atoms with E-state index in [0.717, 1.165) is 11.0 Å². The predicted molar refractivity (Wildman–Crippen MR) is 71.0 cm³/mol. The summed E-state index contributed by atoms with van der Waals surface area (Å²) in [5, 5.41) is 7.08. The van der Waals surface area contributed by atoms with Crippen LogP contribution in [0.2, 0.25) is 0 Å². The molecule has 1 aromatic heterocycles. The second-order valence-electron chi connectivity index (χ2n) is 3.53. The maximum atomic E-state index is 11.7. The molecule has 0 saturated heterocycles. The van der Waals surface area contributed by atoms with Gasteiger partial charge in [0.15, 0.2) is 0 Å². The number of nitrogens with zero attached hydrogens (tertiary/aromatic N) is 2. The van der Waals surface area contributed by atoms with Crippen LogP contribution in [0.1, 0.15) is 5.56 Å². The maximum absolute atomic E-state index is 11.7. The lowest BCUT2D eigenvalue weighted by Crippen LogP contribution is -2.10. The van der Waals surface area contributed by atoms with Crippen molar-refractivity contribution in [2.75, 3.05) is 11.8 Å². The fourth-order valence-electron chi connectivity index (χ4n) is 1.28. The van der Waals surface area contributed by atoms with Gasteiger partial charge in [0.05, 0.1) is 12.5 Å². The number of rotatable bonds is 5. The van der Waals surface area contributed by atoms with Crippen molar-refractivity contribution in [2.24, 2.45) is 0 Å². The van der Waals surface area contributed by atoms with Crippen LogP contribution in [0.4, 0.5) is 5.95 Å². The molecule has 0 atom stereocenters. The zero-order valence-corrected chi connectivity index (χ0v) is 10.9. The highest BCUT2D eigenvalue weighted by Crippen LogP contribution is 2.09. The Bertz CT molecular complexity index is 664. The first-order chi connectivity index (χ1) is 9.09. The highest BCUT2D eigenvalue weighted by molar-refractivity contribution is 7.95. The molecule has 8 heteroatoms. The highest BCUT2D eigenvalue weighted by Gasteiger charge is 2.09. The van der Waals surface area contributed by atoms with Gasteiger partial charge in [0.1, 0.15) is 0 Å². The number of sulfonamides is 1. The molecule has 0 spiro atoms. The minimum absolute atomic E-state index is 0.00504. The Morgan fingerprint density at radius 3 is 2.68 bits per heavy atom. The van der Waals surface area contributed by atoms with E-state index < -0.39 is 10.0 Å². The molecule has 0 amide bonds. The molecule has 1 heterocycles. The van der Waals surface area contributed by atoms with Gasteiger partial charge in [0.25, 0.3) is 10.0 Å². The molecule has 0 aliphatic rings. The monoisotopic (exact) mass is 280 g/mol. The molecule has 0 fully saturated rings. The summed E-state index contributed by atoms with van der Waals surface area (Å²) in [6.45, 7) is 0. The van der Waals surface area contributed by atoms with Crippen molar-refractivity contribution in [1.82, 2.24) is 15.2 Å². The molecule has 0 aliphatic carbocycles. The maximum Gasteiger partial charge on any atom is 0.336 e. The van der Waals surface area contributed by atoms with E-state index in [1.165, 1.54) is 13.2 Å². The summed E-state index contributed by atoms with van der Waals surface area (Å²) in [5.41, 5.74) is 0.781. The molecule has 2 aromatic rings. The van der Waals surface area contributed by atoms with E-state index in [-0.39, 0.29) is 12.0 Å². The third-order valence-corrected chi connectivity index (χ3v) is 3.10. The van der Waals surface area contributed by atoms with Gasteiger partial charge in [-0.1, -0.05) is 30.3 Å². The Kier molecular flexibility index (Phi) is 3.81. The predicted octanol–water partition coefficient (Wildman–Crippen LogP) is 1.23. The van der Waals surface area contributed by atoms with Gasteiger partial charge in [-0.2, -0.15) is 4.98 Å². The third-order valence-electron chi connectivity index (χ3n) is 2.13. The van der Waals surface area contributed by atoms with Crippen LogP contribution in [-0.2, 0) is 10.0 Å². The molecule has 0 saturated carbocycles. The number of ether oxygens (including phenoxy) is 1. The van der Waals surface area contributed by atoms with Crippen LogP contribution < -0.4 is 9.46 Å². The Labute approximate surface area is 110 Å². The van der Waals surface area contributed by atoms with E-state index >= 15 is 0 Å². The van der Waals surface area contributed by atoms with Gasteiger partial charge in [-0.15, -0.1) is 5.10 Å². The summed E-state index contributed by atoms with van der Waals surface area (Å²) < 4.78 is 30.4. The van der Waals surface area contributed by atoms with Crippen molar-refractivity contribution < 1.29 is 13.2 Å². The summed E-state index contributed by atoms with van der Waals surface area (Å²) in [6.07, 6.45) is 1.48. The lowest BCUT2D eigenvalue weighted by atomic mass is 10.2. The van der Waals surface area contributed by atoms with Crippen molar-refractivity contribution in [2.45, 2.75) is 0 Å². The number of benzene rings is 1. The van der Waals surface area contributed by atoms with Crippen molar-refractivity contribution in [3.8, 4) is 6.01 Å². The van der Waals surface area contributed by atoms with Gasteiger partial charge in [0, 0.05) is 0 Å². The van der Waals surface area contributed by atoms with Crippen LogP contribution >= 0.6 is 0 Å². The van der Waals surface area contributed by atoms with Crippen molar-refractivity contribution >= 4 is 22.0 Å². The van der Waals surface area contributed by atoms with E-state index in [4.69, 9.17) is 4.74 Å². The number of aromatic amines is 1. The van der Waals surface area contributed by atoms with E-state index in [9.17, 15) is 8.42 Å². The number of H-pyrrole nitrogens is 1. The molecule has 0 radical (unpaired) electrons. The topological polar surface area (TPSA) is 97.0 Å². The van der Waals surface area contributed by atoms with Crippen molar-refractivity contribution in [3.05, 3.63) is 41.3 Å². The van der Waals surface area contributed by atoms with Gasteiger partial charge < -0.3 is 4.74 Å². The molecular formula is C11H12N4O3S. The number of hydrogen-bond acceptors (Lipinski definition) is 5. The zero-order chi connectivity index (χ0) is 13.7. The third kappa shape index (κ3) is 3.81. The minimum Gasteiger partial charge on any atom is -0.466 e. The summed E-state index contributed by atoms with van der Waals surface area (Å²) >= 11 is 0. The molecule has 19 heavy (non-hydrogen) atoms. The molecule has 2 rings (SSSR count). The van der Waals surface area contributed by atoms with Gasteiger partial charge in [-0.05, 0) is 11.6 Å². The van der Waals surface area contributed by atoms with E-state index in [1.54, 1.807) is 12.1 Å². The smallest absolute Gasteiger partial charge is 0.336 e. The van der Waals surface area contributed by atoms with Gasteiger partial charge in [-0.3, -0.25) is 0 Å². The average molecular weight is 280 g/mol. The standard InChI is InChI=1S/C11H12N4O3S/c1-18-11-12-10(13-14-11)15-19(16,17)8-7-9-5-3-2-4-6-9/h2-8H,1H3,(H2,12,13,14,15)/b8-7+. The summed E-state index contributed by atoms with van der Waals surface area (Å²) in [7, 11) is -2.26.